The zero-order chi connectivity index (χ0) is 9.10. The molecule has 0 bridgehead atoms. The SMILES string of the molecule is CCNc1ccc2ccccc2n1.[HH]. The van der Waals surface area contributed by atoms with Crippen LogP contribution < -0.4 is 5.32 Å². The fraction of sp³-hybridized carbons (Fsp3) is 0.182. The zero-order valence-corrected chi connectivity index (χ0v) is 7.62. The van der Waals surface area contributed by atoms with Crippen LogP contribution in [0.5, 0.6) is 0 Å². The van der Waals surface area contributed by atoms with Gasteiger partial charge in [0.2, 0.25) is 0 Å². The average molecular weight is 174 g/mol. The minimum Gasteiger partial charge on any atom is -0.370 e. The van der Waals surface area contributed by atoms with Crippen LogP contribution in [0.3, 0.4) is 0 Å². The number of anilines is 1. The maximum Gasteiger partial charge on any atom is 0.126 e. The third-order valence-corrected chi connectivity index (χ3v) is 1.96. The molecular weight excluding hydrogens is 160 g/mol. The van der Waals surface area contributed by atoms with Crippen molar-refractivity contribution in [1.82, 2.24) is 4.98 Å². The third-order valence-electron chi connectivity index (χ3n) is 1.96. The molecule has 2 aromatic rings. The van der Waals surface area contributed by atoms with Gasteiger partial charge in [-0.1, -0.05) is 18.2 Å². The van der Waals surface area contributed by atoms with Crippen molar-refractivity contribution in [3.8, 4) is 0 Å². The van der Waals surface area contributed by atoms with E-state index < -0.39 is 0 Å². The highest BCUT2D eigenvalue weighted by atomic mass is 15.0. The van der Waals surface area contributed by atoms with E-state index >= 15 is 0 Å². The van der Waals surface area contributed by atoms with E-state index in [0.29, 0.717) is 0 Å². The van der Waals surface area contributed by atoms with E-state index in [1.807, 2.05) is 24.3 Å². The van der Waals surface area contributed by atoms with Crippen molar-refractivity contribution in [2.24, 2.45) is 0 Å². The van der Waals surface area contributed by atoms with E-state index in [1.54, 1.807) is 0 Å². The first-order valence-corrected chi connectivity index (χ1v) is 4.50. The molecular formula is C11H14N2. The van der Waals surface area contributed by atoms with E-state index in [1.165, 1.54) is 5.39 Å². The molecule has 0 unspecified atom stereocenters. The number of rotatable bonds is 2. The molecule has 0 saturated carbocycles. The van der Waals surface area contributed by atoms with Crippen LogP contribution >= 0.6 is 0 Å². The van der Waals surface area contributed by atoms with E-state index in [0.717, 1.165) is 17.9 Å². The number of para-hydroxylation sites is 1. The summed E-state index contributed by atoms with van der Waals surface area (Å²) in [5.74, 6) is 0.946. The first kappa shape index (κ1) is 8.05. The van der Waals surface area contributed by atoms with Gasteiger partial charge in [0, 0.05) is 13.4 Å². The van der Waals surface area contributed by atoms with Gasteiger partial charge in [0.15, 0.2) is 0 Å². The molecule has 0 spiro atoms. The second-order valence-electron chi connectivity index (χ2n) is 2.92. The van der Waals surface area contributed by atoms with Gasteiger partial charge in [0.25, 0.3) is 0 Å². The monoisotopic (exact) mass is 174 g/mol. The average Bonchev–Trinajstić information content (AvgIpc) is 2.18. The summed E-state index contributed by atoms with van der Waals surface area (Å²) in [4.78, 5) is 4.45. The molecule has 0 aliphatic carbocycles. The van der Waals surface area contributed by atoms with Crippen molar-refractivity contribution in [3.05, 3.63) is 36.4 Å². The Bertz CT molecular complexity index is 415. The van der Waals surface area contributed by atoms with Crippen molar-refractivity contribution in [2.75, 3.05) is 11.9 Å². The molecule has 1 aromatic carbocycles. The van der Waals surface area contributed by atoms with Gasteiger partial charge in [-0.05, 0) is 25.1 Å². The molecule has 1 heterocycles. The molecule has 68 valence electrons. The fourth-order valence-electron chi connectivity index (χ4n) is 1.35. The molecule has 0 saturated heterocycles. The van der Waals surface area contributed by atoms with E-state index in [-0.39, 0.29) is 1.43 Å². The van der Waals surface area contributed by atoms with Gasteiger partial charge in [-0.25, -0.2) is 4.98 Å². The van der Waals surface area contributed by atoms with Crippen LogP contribution in [0.4, 0.5) is 5.82 Å². The maximum absolute atomic E-state index is 4.45. The molecule has 0 atom stereocenters. The molecule has 0 aliphatic heterocycles. The number of benzene rings is 1. The largest absolute Gasteiger partial charge is 0.370 e. The Balaban J connectivity index is 0.000000980. The summed E-state index contributed by atoms with van der Waals surface area (Å²) in [6, 6.07) is 12.2. The van der Waals surface area contributed by atoms with Crippen LogP contribution in [0, 0.1) is 0 Å². The summed E-state index contributed by atoms with van der Waals surface area (Å²) in [6.07, 6.45) is 0. The van der Waals surface area contributed by atoms with Gasteiger partial charge in [0.05, 0.1) is 5.52 Å². The number of fused-ring (bicyclic) bond motifs is 1. The molecule has 1 aromatic heterocycles. The molecule has 1 N–H and O–H groups in total. The van der Waals surface area contributed by atoms with Crippen LogP contribution in [0.1, 0.15) is 8.35 Å². The smallest absolute Gasteiger partial charge is 0.126 e. The van der Waals surface area contributed by atoms with Crippen molar-refractivity contribution in [3.63, 3.8) is 0 Å². The molecule has 2 nitrogen and oxygen atoms in total. The van der Waals surface area contributed by atoms with Gasteiger partial charge in [-0.3, -0.25) is 0 Å². The van der Waals surface area contributed by atoms with Gasteiger partial charge in [-0.15, -0.1) is 0 Å². The summed E-state index contributed by atoms with van der Waals surface area (Å²) >= 11 is 0. The Morgan fingerprint density at radius 1 is 1.23 bits per heavy atom. The van der Waals surface area contributed by atoms with Crippen LogP contribution in [-0.2, 0) is 0 Å². The van der Waals surface area contributed by atoms with Crippen molar-refractivity contribution in [2.45, 2.75) is 6.92 Å². The Morgan fingerprint density at radius 2 is 2.08 bits per heavy atom. The lowest BCUT2D eigenvalue weighted by molar-refractivity contribution is 1.17. The van der Waals surface area contributed by atoms with Gasteiger partial charge in [0.1, 0.15) is 5.82 Å². The van der Waals surface area contributed by atoms with Crippen molar-refractivity contribution in [1.29, 1.82) is 0 Å². The summed E-state index contributed by atoms with van der Waals surface area (Å²) < 4.78 is 0. The van der Waals surface area contributed by atoms with E-state index in [9.17, 15) is 0 Å². The molecule has 2 rings (SSSR count). The standard InChI is InChI=1S/C11H12N2.H2/c1-2-12-11-8-7-9-5-3-4-6-10(9)13-11;/h3-8H,2H2,1H3,(H,12,13);1H. The molecule has 0 aliphatic rings. The van der Waals surface area contributed by atoms with Crippen molar-refractivity contribution < 1.29 is 1.43 Å². The summed E-state index contributed by atoms with van der Waals surface area (Å²) in [7, 11) is 0. The highest BCUT2D eigenvalue weighted by Gasteiger charge is 1.94. The van der Waals surface area contributed by atoms with Crippen LogP contribution in [-0.4, -0.2) is 11.5 Å². The number of aromatic nitrogens is 1. The highest BCUT2D eigenvalue weighted by molar-refractivity contribution is 5.79. The second-order valence-corrected chi connectivity index (χ2v) is 2.92. The quantitative estimate of drug-likeness (QED) is 0.757. The molecule has 2 heteroatoms. The Labute approximate surface area is 79.1 Å². The van der Waals surface area contributed by atoms with Gasteiger partial charge < -0.3 is 5.32 Å². The van der Waals surface area contributed by atoms with E-state index in [4.69, 9.17) is 0 Å². The maximum atomic E-state index is 4.45. The van der Waals surface area contributed by atoms with Crippen LogP contribution in [0.25, 0.3) is 10.9 Å². The summed E-state index contributed by atoms with van der Waals surface area (Å²) in [5, 5.41) is 4.37. The summed E-state index contributed by atoms with van der Waals surface area (Å²) in [5.41, 5.74) is 1.04. The lowest BCUT2D eigenvalue weighted by atomic mass is 10.2. The highest BCUT2D eigenvalue weighted by Crippen LogP contribution is 2.13. The Kier molecular flexibility index (Phi) is 2.13. The normalized spacial score (nSPS) is 10.2. The number of hydrogen-bond acceptors (Lipinski definition) is 2. The van der Waals surface area contributed by atoms with Crippen molar-refractivity contribution >= 4 is 16.7 Å². The lowest BCUT2D eigenvalue weighted by Crippen LogP contribution is -1.98. The number of hydrogen-bond donors (Lipinski definition) is 1. The summed E-state index contributed by atoms with van der Waals surface area (Å²) in [6.45, 7) is 2.97. The topological polar surface area (TPSA) is 24.9 Å². The lowest BCUT2D eigenvalue weighted by Gasteiger charge is -2.02. The minimum absolute atomic E-state index is 0. The van der Waals surface area contributed by atoms with Gasteiger partial charge >= 0.3 is 0 Å². The zero-order valence-electron chi connectivity index (χ0n) is 7.62. The Morgan fingerprint density at radius 3 is 2.92 bits per heavy atom. The third kappa shape index (κ3) is 1.61. The number of nitrogens with one attached hydrogen (secondary N) is 1. The first-order chi connectivity index (χ1) is 6.40. The van der Waals surface area contributed by atoms with Crippen LogP contribution in [0.2, 0.25) is 0 Å². The first-order valence-electron chi connectivity index (χ1n) is 4.50. The molecule has 0 fully saturated rings. The number of pyridine rings is 1. The molecule has 0 amide bonds. The molecule has 0 radical (unpaired) electrons. The number of nitrogens with zero attached hydrogens (tertiary/aromatic N) is 1. The predicted octanol–water partition coefficient (Wildman–Crippen LogP) is 2.91. The van der Waals surface area contributed by atoms with Gasteiger partial charge in [-0.2, -0.15) is 0 Å². The molecule has 13 heavy (non-hydrogen) atoms. The second kappa shape index (κ2) is 3.44. The Hall–Kier alpha value is -1.57. The minimum atomic E-state index is 0. The fourth-order valence-corrected chi connectivity index (χ4v) is 1.35. The van der Waals surface area contributed by atoms with E-state index in [2.05, 4.69) is 29.4 Å². The van der Waals surface area contributed by atoms with Crippen LogP contribution in [0.15, 0.2) is 36.4 Å². The predicted molar refractivity (Wildman–Crippen MR) is 58.0 cm³/mol.